The number of hydrogen-bond acceptors (Lipinski definition) is 2. The Morgan fingerprint density at radius 1 is 1.47 bits per heavy atom. The molecule has 0 bridgehead atoms. The second kappa shape index (κ2) is 6.40. The van der Waals surface area contributed by atoms with Crippen LogP contribution in [0.1, 0.15) is 51.6 Å². The third kappa shape index (κ3) is 3.05. The monoisotopic (exact) mass is 327 g/mol. The van der Waals surface area contributed by atoms with Gasteiger partial charge >= 0.3 is 0 Å². The summed E-state index contributed by atoms with van der Waals surface area (Å²) in [6, 6.07) is 0. The van der Waals surface area contributed by atoms with Gasteiger partial charge < -0.3 is 5.73 Å². The molecule has 4 heteroatoms. The zero-order valence-corrected chi connectivity index (χ0v) is 13.9. The van der Waals surface area contributed by atoms with Crippen molar-refractivity contribution in [1.82, 2.24) is 9.78 Å². The van der Waals surface area contributed by atoms with Crippen molar-refractivity contribution in [2.24, 2.45) is 23.5 Å². The molecule has 1 heterocycles. The lowest BCUT2D eigenvalue weighted by molar-refractivity contribution is 0.191. The first-order valence-corrected chi connectivity index (χ1v) is 8.29. The van der Waals surface area contributed by atoms with E-state index >= 15 is 0 Å². The van der Waals surface area contributed by atoms with Gasteiger partial charge in [0, 0.05) is 12.5 Å². The van der Waals surface area contributed by atoms with Gasteiger partial charge in [0.05, 0.1) is 16.4 Å². The molecule has 1 aliphatic rings. The van der Waals surface area contributed by atoms with Crippen molar-refractivity contribution in [3.63, 3.8) is 0 Å². The number of aromatic nitrogens is 2. The number of hydrogen-bond donors (Lipinski definition) is 1. The summed E-state index contributed by atoms with van der Waals surface area (Å²) in [5.41, 5.74) is 7.38. The van der Waals surface area contributed by atoms with Crippen LogP contribution in [0, 0.1) is 17.8 Å². The van der Waals surface area contributed by atoms with Crippen molar-refractivity contribution in [3.8, 4) is 0 Å². The maximum Gasteiger partial charge on any atom is 0.0635 e. The Morgan fingerprint density at radius 2 is 2.21 bits per heavy atom. The molecule has 3 unspecified atom stereocenters. The molecule has 2 N–H and O–H groups in total. The van der Waals surface area contributed by atoms with Crippen molar-refractivity contribution < 1.29 is 0 Å². The number of rotatable bonds is 4. The van der Waals surface area contributed by atoms with Crippen LogP contribution in [0.5, 0.6) is 0 Å². The minimum atomic E-state index is 0.558. The predicted octanol–water partition coefficient (Wildman–Crippen LogP) is 3.78. The van der Waals surface area contributed by atoms with Crippen LogP contribution in [0.2, 0.25) is 0 Å². The average Bonchev–Trinajstić information content (AvgIpc) is 2.78. The summed E-state index contributed by atoms with van der Waals surface area (Å²) in [6.45, 7) is 8.56. The molecule has 1 saturated carbocycles. The van der Waals surface area contributed by atoms with Gasteiger partial charge in [0.2, 0.25) is 0 Å². The molecule has 0 radical (unpaired) electrons. The van der Waals surface area contributed by atoms with E-state index in [1.54, 1.807) is 0 Å². The Balaban J connectivity index is 2.29. The second-order valence-electron chi connectivity index (χ2n) is 6.11. The molecule has 0 aliphatic heterocycles. The molecule has 1 aliphatic carbocycles. The van der Waals surface area contributed by atoms with E-state index < -0.39 is 0 Å². The highest BCUT2D eigenvalue weighted by Crippen LogP contribution is 2.44. The quantitative estimate of drug-likeness (QED) is 0.914. The molecular weight excluding hydrogens is 302 g/mol. The summed E-state index contributed by atoms with van der Waals surface area (Å²) >= 11 is 3.68. The van der Waals surface area contributed by atoms with Crippen molar-refractivity contribution >= 4 is 15.9 Å². The molecule has 3 nitrogen and oxygen atoms in total. The maximum atomic E-state index is 6.02. The van der Waals surface area contributed by atoms with Gasteiger partial charge in [-0.2, -0.15) is 5.10 Å². The van der Waals surface area contributed by atoms with Gasteiger partial charge in [0.1, 0.15) is 0 Å². The lowest BCUT2D eigenvalue weighted by Crippen LogP contribution is -2.32. The zero-order chi connectivity index (χ0) is 14.0. The zero-order valence-electron chi connectivity index (χ0n) is 12.3. The van der Waals surface area contributed by atoms with Crippen LogP contribution in [0.25, 0.3) is 0 Å². The van der Waals surface area contributed by atoms with Gasteiger partial charge in [-0.25, -0.2) is 0 Å². The molecule has 1 fully saturated rings. The van der Waals surface area contributed by atoms with Crippen LogP contribution in [0.3, 0.4) is 0 Å². The van der Waals surface area contributed by atoms with Gasteiger partial charge in [0.25, 0.3) is 0 Å². The third-order valence-corrected chi connectivity index (χ3v) is 5.37. The fourth-order valence-corrected chi connectivity index (χ4v) is 4.07. The highest BCUT2D eigenvalue weighted by molar-refractivity contribution is 9.10. The third-order valence-electron chi connectivity index (χ3n) is 4.76. The van der Waals surface area contributed by atoms with Crippen LogP contribution in [-0.2, 0) is 6.54 Å². The molecule has 0 spiro atoms. The van der Waals surface area contributed by atoms with Gasteiger partial charge in [-0.1, -0.05) is 13.8 Å². The Bertz CT molecular complexity index is 414. The van der Waals surface area contributed by atoms with Crippen molar-refractivity contribution in [1.29, 1.82) is 0 Å². The van der Waals surface area contributed by atoms with E-state index in [0.717, 1.165) is 29.4 Å². The van der Waals surface area contributed by atoms with Gasteiger partial charge in [-0.3, -0.25) is 4.68 Å². The van der Waals surface area contributed by atoms with Crippen LogP contribution >= 0.6 is 15.9 Å². The molecular formula is C15H26BrN3. The van der Waals surface area contributed by atoms with Gasteiger partial charge in [0.15, 0.2) is 0 Å². The van der Waals surface area contributed by atoms with Crippen LogP contribution in [0.4, 0.5) is 0 Å². The normalized spacial score (nSPS) is 28.0. The van der Waals surface area contributed by atoms with E-state index in [0.29, 0.717) is 11.8 Å². The fraction of sp³-hybridized carbons (Fsp3) is 0.800. The standard InChI is InChI=1S/C15H26BrN3/c1-4-19-15(14(16)9-18-19)13-7-11(10(2)3)5-6-12(13)8-17/h9-13H,4-8,17H2,1-3H3. The van der Waals surface area contributed by atoms with Crippen molar-refractivity contribution in [2.45, 2.75) is 52.5 Å². The summed E-state index contributed by atoms with van der Waals surface area (Å²) in [6.07, 6.45) is 5.77. The van der Waals surface area contributed by atoms with Crippen LogP contribution < -0.4 is 5.73 Å². The van der Waals surface area contributed by atoms with E-state index in [1.807, 2.05) is 6.20 Å². The molecule has 1 aromatic rings. The molecule has 0 aromatic carbocycles. The lowest BCUT2D eigenvalue weighted by atomic mass is 9.69. The smallest absolute Gasteiger partial charge is 0.0635 e. The minimum Gasteiger partial charge on any atom is -0.330 e. The first kappa shape index (κ1) is 15.0. The highest BCUT2D eigenvalue weighted by atomic mass is 79.9. The average molecular weight is 328 g/mol. The van der Waals surface area contributed by atoms with Gasteiger partial charge in [-0.05, 0) is 66.4 Å². The molecule has 108 valence electrons. The fourth-order valence-electron chi connectivity index (χ4n) is 3.48. The number of nitrogens with two attached hydrogens (primary N) is 1. The van der Waals surface area contributed by atoms with Crippen LogP contribution in [0.15, 0.2) is 10.7 Å². The van der Waals surface area contributed by atoms with E-state index in [-0.39, 0.29) is 0 Å². The largest absolute Gasteiger partial charge is 0.330 e. The maximum absolute atomic E-state index is 6.02. The van der Waals surface area contributed by atoms with Gasteiger partial charge in [-0.15, -0.1) is 0 Å². The lowest BCUT2D eigenvalue weighted by Gasteiger charge is -2.37. The topological polar surface area (TPSA) is 43.8 Å². The second-order valence-corrected chi connectivity index (χ2v) is 6.97. The Kier molecular flexibility index (Phi) is 5.07. The first-order valence-electron chi connectivity index (χ1n) is 7.49. The predicted molar refractivity (Wildman–Crippen MR) is 83.1 cm³/mol. The summed E-state index contributed by atoms with van der Waals surface area (Å²) in [4.78, 5) is 0. The molecule has 1 aromatic heterocycles. The molecule has 0 amide bonds. The highest BCUT2D eigenvalue weighted by Gasteiger charge is 2.34. The molecule has 19 heavy (non-hydrogen) atoms. The Morgan fingerprint density at radius 3 is 2.79 bits per heavy atom. The van der Waals surface area contributed by atoms with Crippen molar-refractivity contribution in [3.05, 3.63) is 16.4 Å². The Hall–Kier alpha value is -0.350. The van der Waals surface area contributed by atoms with Crippen molar-refractivity contribution in [2.75, 3.05) is 6.54 Å². The van der Waals surface area contributed by atoms with E-state index in [9.17, 15) is 0 Å². The molecule has 3 atom stereocenters. The first-order chi connectivity index (χ1) is 9.08. The Labute approximate surface area is 125 Å². The summed E-state index contributed by atoms with van der Waals surface area (Å²) in [7, 11) is 0. The molecule has 0 saturated heterocycles. The van der Waals surface area contributed by atoms with E-state index in [2.05, 4.69) is 46.5 Å². The minimum absolute atomic E-state index is 0.558. The number of nitrogens with zero attached hydrogens (tertiary/aromatic N) is 2. The summed E-state index contributed by atoms with van der Waals surface area (Å²) in [5, 5.41) is 4.48. The number of aryl methyl sites for hydroxylation is 1. The number of halogens is 1. The van der Waals surface area contributed by atoms with E-state index in [4.69, 9.17) is 5.73 Å². The summed E-state index contributed by atoms with van der Waals surface area (Å²) in [5.74, 6) is 2.74. The summed E-state index contributed by atoms with van der Waals surface area (Å²) < 4.78 is 3.29. The van der Waals surface area contributed by atoms with Crippen LogP contribution in [-0.4, -0.2) is 16.3 Å². The van der Waals surface area contributed by atoms with E-state index in [1.165, 1.54) is 25.0 Å². The molecule has 2 rings (SSSR count). The SMILES string of the molecule is CCn1ncc(Br)c1C1CC(C(C)C)CCC1CN.